The molecule has 4 aromatic rings. The molecule has 0 spiro atoms. The molecule has 0 aliphatic carbocycles. The number of anilines is 1. The zero-order valence-corrected chi connectivity index (χ0v) is 16.0. The van der Waals surface area contributed by atoms with Crippen LogP contribution in [0.1, 0.15) is 33.5 Å². The summed E-state index contributed by atoms with van der Waals surface area (Å²) in [5.74, 6) is 0.0972. The summed E-state index contributed by atoms with van der Waals surface area (Å²) in [7, 11) is 1.52. The van der Waals surface area contributed by atoms with Crippen LogP contribution in [0.15, 0.2) is 62.3 Å². The van der Waals surface area contributed by atoms with Crippen LogP contribution in [0.5, 0.6) is 5.75 Å². The van der Waals surface area contributed by atoms with E-state index in [1.54, 1.807) is 37.3 Å². The summed E-state index contributed by atoms with van der Waals surface area (Å²) in [6, 6.07) is 11.4. The van der Waals surface area contributed by atoms with Crippen molar-refractivity contribution in [2.24, 2.45) is 0 Å². The number of hydrogen-bond acceptors (Lipinski definition) is 6. The lowest BCUT2D eigenvalue weighted by molar-refractivity contribution is 0.0969. The average molecular weight is 406 g/mol. The van der Waals surface area contributed by atoms with E-state index in [-0.39, 0.29) is 28.1 Å². The largest absolute Gasteiger partial charge is 0.497 e. The number of ether oxygens (including phenoxy) is 1. The van der Waals surface area contributed by atoms with Gasteiger partial charge >= 0.3 is 0 Å². The molecule has 1 atom stereocenters. The van der Waals surface area contributed by atoms with Crippen LogP contribution in [0, 0.1) is 12.7 Å². The van der Waals surface area contributed by atoms with Crippen LogP contribution in [-0.2, 0) is 0 Å². The molecule has 5 rings (SSSR count). The molecule has 7 nitrogen and oxygen atoms in total. The van der Waals surface area contributed by atoms with Gasteiger partial charge in [-0.3, -0.25) is 14.5 Å². The van der Waals surface area contributed by atoms with E-state index in [0.717, 1.165) is 6.07 Å². The summed E-state index contributed by atoms with van der Waals surface area (Å²) in [4.78, 5) is 28.0. The van der Waals surface area contributed by atoms with Crippen molar-refractivity contribution in [2.45, 2.75) is 13.0 Å². The van der Waals surface area contributed by atoms with Crippen molar-refractivity contribution >= 4 is 22.7 Å². The molecule has 0 saturated heterocycles. The molecule has 0 N–H and O–H groups in total. The number of rotatable bonds is 3. The van der Waals surface area contributed by atoms with Crippen molar-refractivity contribution in [3.8, 4) is 5.75 Å². The summed E-state index contributed by atoms with van der Waals surface area (Å²) in [5.41, 5.74) is 0.392. The molecule has 2 aromatic carbocycles. The monoisotopic (exact) mass is 406 g/mol. The third kappa shape index (κ3) is 2.61. The molecular weight excluding hydrogens is 391 g/mol. The number of aromatic nitrogens is 1. The normalized spacial score (nSPS) is 15.6. The Morgan fingerprint density at radius 2 is 1.97 bits per heavy atom. The Morgan fingerprint density at radius 1 is 1.13 bits per heavy atom. The number of nitrogens with zero attached hydrogens (tertiary/aromatic N) is 2. The molecule has 0 radical (unpaired) electrons. The van der Waals surface area contributed by atoms with Crippen molar-refractivity contribution in [2.75, 3.05) is 12.0 Å². The molecule has 0 bridgehead atoms. The van der Waals surface area contributed by atoms with Gasteiger partial charge in [0.05, 0.1) is 24.1 Å². The highest BCUT2D eigenvalue weighted by molar-refractivity contribution is 6.10. The number of amides is 1. The SMILES string of the molecule is COc1cccc([C@@H]2c3c(oc4ccc(F)cc4c3=O)C(=O)N2c2cc(C)on2)c1. The smallest absolute Gasteiger partial charge is 0.296 e. The van der Waals surface area contributed by atoms with Crippen molar-refractivity contribution in [1.82, 2.24) is 5.16 Å². The lowest BCUT2D eigenvalue weighted by Gasteiger charge is -2.22. The second kappa shape index (κ2) is 6.55. The summed E-state index contributed by atoms with van der Waals surface area (Å²) < 4.78 is 30.0. The third-order valence-electron chi connectivity index (χ3n) is 5.10. The number of hydrogen-bond donors (Lipinski definition) is 0. The third-order valence-corrected chi connectivity index (χ3v) is 5.10. The van der Waals surface area contributed by atoms with Gasteiger partial charge in [0.1, 0.15) is 22.9 Å². The van der Waals surface area contributed by atoms with E-state index in [1.807, 2.05) is 0 Å². The van der Waals surface area contributed by atoms with E-state index >= 15 is 0 Å². The highest BCUT2D eigenvalue weighted by Gasteiger charge is 2.45. The van der Waals surface area contributed by atoms with Gasteiger partial charge in [0.25, 0.3) is 5.91 Å². The molecule has 30 heavy (non-hydrogen) atoms. The first-order valence-electron chi connectivity index (χ1n) is 9.15. The van der Waals surface area contributed by atoms with Crippen LogP contribution >= 0.6 is 0 Å². The lowest BCUT2D eigenvalue weighted by Crippen LogP contribution is -2.29. The number of carbonyl (C=O) groups is 1. The van der Waals surface area contributed by atoms with E-state index < -0.39 is 23.2 Å². The van der Waals surface area contributed by atoms with E-state index in [9.17, 15) is 14.0 Å². The Labute approximate surface area is 169 Å². The maximum Gasteiger partial charge on any atom is 0.296 e. The maximum atomic E-state index is 13.8. The Balaban J connectivity index is 1.83. The first kappa shape index (κ1) is 18.1. The van der Waals surface area contributed by atoms with Gasteiger partial charge in [-0.25, -0.2) is 4.39 Å². The molecule has 3 heterocycles. The van der Waals surface area contributed by atoms with Crippen LogP contribution in [0.4, 0.5) is 10.2 Å². The van der Waals surface area contributed by atoms with Crippen molar-refractivity contribution in [3.63, 3.8) is 0 Å². The molecule has 0 fully saturated rings. The average Bonchev–Trinajstić information content (AvgIpc) is 3.30. The van der Waals surface area contributed by atoms with Crippen LogP contribution < -0.4 is 15.1 Å². The van der Waals surface area contributed by atoms with Gasteiger partial charge < -0.3 is 13.7 Å². The molecule has 0 unspecified atom stereocenters. The van der Waals surface area contributed by atoms with Gasteiger partial charge in [-0.05, 0) is 42.8 Å². The summed E-state index contributed by atoms with van der Waals surface area (Å²) in [6.45, 7) is 1.70. The fraction of sp³-hybridized carbons (Fsp3) is 0.136. The van der Waals surface area contributed by atoms with E-state index in [2.05, 4.69) is 5.16 Å². The Hall–Kier alpha value is -3.94. The first-order valence-corrected chi connectivity index (χ1v) is 9.15. The van der Waals surface area contributed by atoms with Gasteiger partial charge in [0, 0.05) is 6.07 Å². The number of benzene rings is 2. The molecule has 1 aliphatic rings. The van der Waals surface area contributed by atoms with Gasteiger partial charge in [-0.1, -0.05) is 17.3 Å². The van der Waals surface area contributed by atoms with Gasteiger partial charge in [-0.15, -0.1) is 0 Å². The highest BCUT2D eigenvalue weighted by atomic mass is 19.1. The summed E-state index contributed by atoms with van der Waals surface area (Å²) >= 11 is 0. The van der Waals surface area contributed by atoms with Crippen molar-refractivity contribution in [1.29, 1.82) is 0 Å². The number of aryl methyl sites for hydroxylation is 1. The maximum absolute atomic E-state index is 13.8. The van der Waals surface area contributed by atoms with E-state index in [0.29, 0.717) is 17.1 Å². The fourth-order valence-electron chi connectivity index (χ4n) is 3.78. The van der Waals surface area contributed by atoms with E-state index in [4.69, 9.17) is 13.7 Å². The quantitative estimate of drug-likeness (QED) is 0.511. The standard InChI is InChI=1S/C22H15FN2O5/c1-11-8-17(24-30-11)25-19(12-4-3-5-14(9-12)28-2)18-20(26)15-10-13(23)6-7-16(15)29-21(18)22(25)27/h3-10,19H,1-2H3/t19-/m1/s1. The topological polar surface area (TPSA) is 85.8 Å². The minimum atomic E-state index is -0.837. The lowest BCUT2D eigenvalue weighted by atomic mass is 9.98. The fourth-order valence-corrected chi connectivity index (χ4v) is 3.78. The Kier molecular flexibility index (Phi) is 3.95. The van der Waals surface area contributed by atoms with Crippen LogP contribution in [-0.4, -0.2) is 18.2 Å². The minimum Gasteiger partial charge on any atom is -0.497 e. The summed E-state index contributed by atoms with van der Waals surface area (Å²) in [6.07, 6.45) is 0. The Bertz CT molecular complexity index is 1370. The predicted molar refractivity (Wildman–Crippen MR) is 105 cm³/mol. The van der Waals surface area contributed by atoms with Crippen LogP contribution in [0.3, 0.4) is 0 Å². The second-order valence-electron chi connectivity index (χ2n) is 6.96. The highest BCUT2D eigenvalue weighted by Crippen LogP contribution is 2.41. The Morgan fingerprint density at radius 3 is 2.70 bits per heavy atom. The van der Waals surface area contributed by atoms with Crippen LogP contribution in [0.25, 0.3) is 11.0 Å². The summed E-state index contributed by atoms with van der Waals surface area (Å²) in [5, 5.41) is 4.02. The number of halogens is 1. The molecular formula is C22H15FN2O5. The van der Waals surface area contributed by atoms with Gasteiger partial charge in [0.15, 0.2) is 11.2 Å². The number of carbonyl (C=O) groups excluding carboxylic acids is 1. The second-order valence-corrected chi connectivity index (χ2v) is 6.96. The van der Waals surface area contributed by atoms with Gasteiger partial charge in [0.2, 0.25) is 5.76 Å². The first-order chi connectivity index (χ1) is 14.5. The molecule has 2 aromatic heterocycles. The predicted octanol–water partition coefficient (Wildman–Crippen LogP) is 3.99. The van der Waals surface area contributed by atoms with E-state index in [1.165, 1.54) is 24.1 Å². The zero-order valence-electron chi connectivity index (χ0n) is 16.0. The molecule has 0 saturated carbocycles. The van der Waals surface area contributed by atoms with Crippen molar-refractivity contribution < 1.29 is 22.9 Å². The van der Waals surface area contributed by atoms with Crippen LogP contribution in [0.2, 0.25) is 0 Å². The molecule has 1 amide bonds. The zero-order chi connectivity index (χ0) is 21.0. The number of methoxy groups -OCH3 is 1. The molecule has 8 heteroatoms. The van der Waals surface area contributed by atoms with Crippen molar-refractivity contribution in [3.05, 3.63) is 87.2 Å². The number of fused-ring (bicyclic) bond motifs is 2. The van der Waals surface area contributed by atoms with Gasteiger partial charge in [-0.2, -0.15) is 0 Å². The molecule has 1 aliphatic heterocycles. The molecule has 150 valence electrons. The minimum absolute atomic E-state index is 0.0626.